The second kappa shape index (κ2) is 4.24. The number of carbonyl (C=O) groups excluding carboxylic acids is 1. The molecule has 0 heterocycles. The highest BCUT2D eigenvalue weighted by Crippen LogP contribution is 2.12. The maximum Gasteiger partial charge on any atom is 0.160 e. The van der Waals surface area contributed by atoms with Crippen LogP contribution in [0.15, 0.2) is 29.4 Å². The molecule has 0 unspecified atom stereocenters. The van der Waals surface area contributed by atoms with Crippen LogP contribution in [0.5, 0.6) is 5.75 Å². The van der Waals surface area contributed by atoms with Crippen molar-refractivity contribution in [1.29, 1.82) is 0 Å². The monoisotopic (exact) mass is 195 g/mol. The Kier molecular flexibility index (Phi) is 3.03. The Balaban J connectivity index is 2.73. The van der Waals surface area contributed by atoms with Crippen molar-refractivity contribution in [3.8, 4) is 5.75 Å². The minimum Gasteiger partial charge on any atom is -0.545 e. The van der Waals surface area contributed by atoms with Crippen molar-refractivity contribution in [3.05, 3.63) is 29.8 Å². The third-order valence-corrected chi connectivity index (χ3v) is 1.40. The fraction of sp³-hybridized carbons (Fsp3) is 0. The Morgan fingerprint density at radius 1 is 1.50 bits per heavy atom. The minimum atomic E-state index is -1.28. The number of benzene rings is 1. The molecular formula is C8H7N2O4-. The lowest BCUT2D eigenvalue weighted by molar-refractivity contribution is -0.281. The Hall–Kier alpha value is -2.08. The quantitative estimate of drug-likeness (QED) is 0.524. The van der Waals surface area contributed by atoms with Gasteiger partial charge in [-0.3, -0.25) is 0 Å². The van der Waals surface area contributed by atoms with Gasteiger partial charge in [0.05, 0.1) is 5.97 Å². The van der Waals surface area contributed by atoms with Crippen molar-refractivity contribution in [2.24, 2.45) is 5.10 Å². The summed E-state index contributed by atoms with van der Waals surface area (Å²) in [5.74, 6) is -1.05. The molecule has 1 aromatic rings. The van der Waals surface area contributed by atoms with E-state index in [0.29, 0.717) is 0 Å². The van der Waals surface area contributed by atoms with Gasteiger partial charge in [0.25, 0.3) is 0 Å². The lowest BCUT2D eigenvalue weighted by atomic mass is 10.2. The fourth-order valence-electron chi connectivity index (χ4n) is 0.775. The van der Waals surface area contributed by atoms with Gasteiger partial charge < -0.3 is 14.7 Å². The van der Waals surface area contributed by atoms with Crippen LogP contribution in [0.2, 0.25) is 0 Å². The molecule has 0 radical (unpaired) electrons. The maximum absolute atomic E-state index is 10.4. The highest BCUT2D eigenvalue weighted by atomic mass is 16.9. The summed E-state index contributed by atoms with van der Waals surface area (Å²) in [6, 6.07) is 5.25. The predicted octanol–water partition coefficient (Wildman–Crippen LogP) is -0.349. The normalized spacial score (nSPS) is 9.21. The first-order chi connectivity index (χ1) is 6.63. The summed E-state index contributed by atoms with van der Waals surface area (Å²) in [5, 5.41) is 22.3. The number of hydrogen-bond acceptors (Lipinski definition) is 6. The standard InChI is InChI=1S/C8H8N2O4/c1-9-10(13)14-7-4-2-6(3-5-7)8(11)12/h2-5,13H,1H2,(H,11,12)/p-1. The summed E-state index contributed by atoms with van der Waals surface area (Å²) >= 11 is 0. The van der Waals surface area contributed by atoms with Crippen LogP contribution in [0.4, 0.5) is 0 Å². The van der Waals surface area contributed by atoms with Gasteiger partial charge in [0.2, 0.25) is 0 Å². The third kappa shape index (κ3) is 2.46. The molecule has 0 amide bonds. The molecule has 6 heteroatoms. The summed E-state index contributed by atoms with van der Waals surface area (Å²) in [4.78, 5) is 15.0. The topological polar surface area (TPSA) is 85.2 Å². The fourth-order valence-corrected chi connectivity index (χ4v) is 0.775. The van der Waals surface area contributed by atoms with Gasteiger partial charge in [0.15, 0.2) is 5.75 Å². The molecule has 0 aliphatic heterocycles. The van der Waals surface area contributed by atoms with Crippen LogP contribution in [0, 0.1) is 0 Å². The van der Waals surface area contributed by atoms with Crippen molar-refractivity contribution in [2.75, 3.05) is 0 Å². The Morgan fingerprint density at radius 3 is 2.50 bits per heavy atom. The second-order valence-electron chi connectivity index (χ2n) is 2.30. The van der Waals surface area contributed by atoms with E-state index in [2.05, 4.69) is 16.7 Å². The van der Waals surface area contributed by atoms with E-state index in [-0.39, 0.29) is 16.6 Å². The first-order valence-corrected chi connectivity index (χ1v) is 3.58. The molecule has 0 bridgehead atoms. The van der Waals surface area contributed by atoms with Crippen LogP contribution >= 0.6 is 0 Å². The second-order valence-corrected chi connectivity index (χ2v) is 2.30. The van der Waals surface area contributed by atoms with Gasteiger partial charge in [-0.2, -0.15) is 0 Å². The van der Waals surface area contributed by atoms with Gasteiger partial charge in [-0.25, -0.2) is 5.21 Å². The average Bonchev–Trinajstić information content (AvgIpc) is 2.18. The number of carboxylic acid groups (broad SMARTS) is 1. The van der Waals surface area contributed by atoms with E-state index in [9.17, 15) is 9.90 Å². The number of carboxylic acids is 1. The smallest absolute Gasteiger partial charge is 0.160 e. The third-order valence-electron chi connectivity index (χ3n) is 1.40. The van der Waals surface area contributed by atoms with Gasteiger partial charge in [0, 0.05) is 12.1 Å². The van der Waals surface area contributed by atoms with Gasteiger partial charge in [-0.1, -0.05) is 0 Å². The molecule has 14 heavy (non-hydrogen) atoms. The van der Waals surface area contributed by atoms with Crippen LogP contribution in [0.3, 0.4) is 0 Å². The number of rotatable bonds is 4. The molecular weight excluding hydrogens is 188 g/mol. The zero-order chi connectivity index (χ0) is 10.6. The van der Waals surface area contributed by atoms with Crippen molar-refractivity contribution in [1.82, 2.24) is 5.34 Å². The molecule has 0 saturated heterocycles. The van der Waals surface area contributed by atoms with E-state index in [1.807, 2.05) is 0 Å². The number of nitrogens with zero attached hydrogens (tertiary/aromatic N) is 2. The number of aromatic carboxylic acids is 1. The molecule has 0 aliphatic carbocycles. The molecule has 0 spiro atoms. The van der Waals surface area contributed by atoms with Crippen molar-refractivity contribution in [3.63, 3.8) is 0 Å². The zero-order valence-corrected chi connectivity index (χ0v) is 7.08. The molecule has 0 atom stereocenters. The van der Waals surface area contributed by atoms with E-state index in [1.165, 1.54) is 24.3 Å². The number of hydrogen-bond donors (Lipinski definition) is 1. The van der Waals surface area contributed by atoms with Crippen LogP contribution in [-0.2, 0) is 0 Å². The summed E-state index contributed by atoms with van der Waals surface area (Å²) in [6.07, 6.45) is 0. The molecule has 0 fully saturated rings. The van der Waals surface area contributed by atoms with E-state index >= 15 is 0 Å². The van der Waals surface area contributed by atoms with E-state index in [4.69, 9.17) is 5.21 Å². The summed E-state index contributed by atoms with van der Waals surface area (Å²) < 4.78 is 0. The van der Waals surface area contributed by atoms with Crippen molar-refractivity contribution in [2.45, 2.75) is 0 Å². The predicted molar refractivity (Wildman–Crippen MR) is 44.6 cm³/mol. The van der Waals surface area contributed by atoms with Crippen LogP contribution in [-0.4, -0.2) is 23.2 Å². The lowest BCUT2D eigenvalue weighted by Crippen LogP contribution is -2.22. The van der Waals surface area contributed by atoms with Crippen LogP contribution < -0.4 is 9.94 Å². The largest absolute Gasteiger partial charge is 0.545 e. The minimum absolute atomic E-state index is 0.0217. The Bertz CT molecular complexity index is 336. The average molecular weight is 195 g/mol. The highest BCUT2D eigenvalue weighted by Gasteiger charge is 1.99. The molecule has 1 N–H and O–H groups in total. The van der Waals surface area contributed by atoms with Crippen molar-refractivity contribution >= 4 is 12.7 Å². The summed E-state index contributed by atoms with van der Waals surface area (Å²) in [7, 11) is 0. The van der Waals surface area contributed by atoms with E-state index in [1.54, 1.807) is 0 Å². The van der Waals surface area contributed by atoms with Crippen LogP contribution in [0.25, 0.3) is 0 Å². The summed E-state index contributed by atoms with van der Waals surface area (Å²) in [5.41, 5.74) is 0.0217. The van der Waals surface area contributed by atoms with Crippen molar-refractivity contribution < 1.29 is 19.9 Å². The molecule has 0 aromatic heterocycles. The molecule has 0 saturated carbocycles. The maximum atomic E-state index is 10.4. The molecule has 0 aliphatic rings. The highest BCUT2D eigenvalue weighted by molar-refractivity contribution is 5.85. The first kappa shape index (κ1) is 10.0. The van der Waals surface area contributed by atoms with E-state index < -0.39 is 5.97 Å². The van der Waals surface area contributed by atoms with Gasteiger partial charge in [0.1, 0.15) is 0 Å². The van der Waals surface area contributed by atoms with Gasteiger partial charge in [-0.05, 0) is 29.8 Å². The molecule has 1 rings (SSSR count). The Morgan fingerprint density at radius 2 is 2.07 bits per heavy atom. The first-order valence-electron chi connectivity index (χ1n) is 3.58. The zero-order valence-electron chi connectivity index (χ0n) is 7.08. The molecule has 6 nitrogen and oxygen atoms in total. The molecule has 74 valence electrons. The van der Waals surface area contributed by atoms with Gasteiger partial charge >= 0.3 is 0 Å². The SMILES string of the molecule is C=NN(O)Oc1ccc(C(=O)[O-])cc1. The number of hydrazone groups is 1. The summed E-state index contributed by atoms with van der Waals surface area (Å²) in [6.45, 7) is 3.00. The molecule has 1 aromatic carbocycles. The van der Waals surface area contributed by atoms with Gasteiger partial charge in [-0.15, -0.1) is 5.10 Å². The van der Waals surface area contributed by atoms with Crippen LogP contribution in [0.1, 0.15) is 10.4 Å². The number of carbonyl (C=O) groups is 1. The Labute approximate surface area is 79.6 Å². The lowest BCUT2D eigenvalue weighted by Gasteiger charge is -2.10. The van der Waals surface area contributed by atoms with E-state index in [0.717, 1.165) is 0 Å².